The molecule has 1 heterocycles. The van der Waals surface area contributed by atoms with Crippen molar-refractivity contribution in [3.05, 3.63) is 0 Å². The van der Waals surface area contributed by atoms with Crippen molar-refractivity contribution >= 4 is 0 Å². The van der Waals surface area contributed by atoms with Crippen LogP contribution >= 0.6 is 0 Å². The summed E-state index contributed by atoms with van der Waals surface area (Å²) >= 11 is 0. The number of likely N-dealkylation sites (N-methyl/N-ethyl adjacent to an activating group) is 1. The molecule has 0 aromatic heterocycles. The molecule has 1 saturated carbocycles. The van der Waals surface area contributed by atoms with E-state index < -0.39 is 0 Å². The van der Waals surface area contributed by atoms with Crippen LogP contribution in [0.1, 0.15) is 33.1 Å². The summed E-state index contributed by atoms with van der Waals surface area (Å²) in [5.74, 6) is 0.860. The van der Waals surface area contributed by atoms with Crippen molar-refractivity contribution in [3.63, 3.8) is 0 Å². The summed E-state index contributed by atoms with van der Waals surface area (Å²) in [5, 5.41) is 0. The Morgan fingerprint density at radius 2 is 2.00 bits per heavy atom. The highest BCUT2D eigenvalue weighted by Gasteiger charge is 2.46. The first-order chi connectivity index (χ1) is 7.61. The van der Waals surface area contributed by atoms with E-state index >= 15 is 0 Å². The standard InChI is InChI=1S/C13H27N3/c1-4-12-9-16(8-7-15(12)3)13(2,10-14)11-5-6-11/h11-12H,4-10,14H2,1-3H3. The van der Waals surface area contributed by atoms with Crippen LogP contribution in [0.2, 0.25) is 0 Å². The van der Waals surface area contributed by atoms with Crippen LogP contribution in [-0.2, 0) is 0 Å². The van der Waals surface area contributed by atoms with Gasteiger partial charge in [0.2, 0.25) is 0 Å². The van der Waals surface area contributed by atoms with E-state index in [9.17, 15) is 0 Å². The SMILES string of the molecule is CCC1CN(C(C)(CN)C2CC2)CCN1C. The summed E-state index contributed by atoms with van der Waals surface area (Å²) in [7, 11) is 2.25. The fourth-order valence-corrected chi connectivity index (χ4v) is 3.11. The Balaban J connectivity index is 2.03. The molecule has 2 unspecified atom stereocenters. The maximum atomic E-state index is 6.05. The Morgan fingerprint density at radius 3 is 2.50 bits per heavy atom. The molecule has 3 nitrogen and oxygen atoms in total. The van der Waals surface area contributed by atoms with Crippen LogP contribution in [0.4, 0.5) is 0 Å². The Morgan fingerprint density at radius 1 is 1.31 bits per heavy atom. The molecule has 2 N–H and O–H groups in total. The molecule has 16 heavy (non-hydrogen) atoms. The van der Waals surface area contributed by atoms with Crippen molar-refractivity contribution < 1.29 is 0 Å². The van der Waals surface area contributed by atoms with Crippen molar-refractivity contribution in [2.24, 2.45) is 11.7 Å². The lowest BCUT2D eigenvalue weighted by molar-refractivity contribution is 0.00961. The molecule has 0 amide bonds. The second kappa shape index (κ2) is 4.63. The van der Waals surface area contributed by atoms with Crippen LogP contribution in [0.5, 0.6) is 0 Å². The third kappa shape index (κ3) is 2.13. The second-order valence-electron chi connectivity index (χ2n) is 5.82. The molecule has 1 saturated heterocycles. The molecule has 94 valence electrons. The van der Waals surface area contributed by atoms with E-state index in [2.05, 4.69) is 30.7 Å². The average molecular weight is 225 g/mol. The van der Waals surface area contributed by atoms with E-state index in [4.69, 9.17) is 5.73 Å². The van der Waals surface area contributed by atoms with Gasteiger partial charge in [0.05, 0.1) is 0 Å². The lowest BCUT2D eigenvalue weighted by atomic mass is 9.91. The van der Waals surface area contributed by atoms with Crippen molar-refractivity contribution in [1.29, 1.82) is 0 Å². The maximum absolute atomic E-state index is 6.05. The maximum Gasteiger partial charge on any atom is 0.0332 e. The highest BCUT2D eigenvalue weighted by Crippen LogP contribution is 2.43. The normalized spacial score (nSPS) is 32.6. The van der Waals surface area contributed by atoms with Crippen LogP contribution in [0.25, 0.3) is 0 Å². The zero-order chi connectivity index (χ0) is 11.8. The van der Waals surface area contributed by atoms with Gasteiger partial charge in [-0.25, -0.2) is 0 Å². The van der Waals surface area contributed by atoms with Gasteiger partial charge in [-0.3, -0.25) is 4.90 Å². The number of rotatable bonds is 4. The van der Waals surface area contributed by atoms with Crippen molar-refractivity contribution in [2.75, 3.05) is 33.2 Å². The van der Waals surface area contributed by atoms with Crippen molar-refractivity contribution in [3.8, 4) is 0 Å². The minimum absolute atomic E-state index is 0.272. The summed E-state index contributed by atoms with van der Waals surface area (Å²) in [6.45, 7) is 9.08. The molecule has 0 bridgehead atoms. The largest absolute Gasteiger partial charge is 0.329 e. The van der Waals surface area contributed by atoms with Gasteiger partial charge >= 0.3 is 0 Å². The fraction of sp³-hybridized carbons (Fsp3) is 1.00. The lowest BCUT2D eigenvalue weighted by Gasteiger charge is -2.48. The van der Waals surface area contributed by atoms with Gasteiger partial charge < -0.3 is 10.6 Å². The molecular formula is C13H27N3. The van der Waals surface area contributed by atoms with Crippen LogP contribution in [0, 0.1) is 5.92 Å². The summed E-state index contributed by atoms with van der Waals surface area (Å²) in [6, 6.07) is 0.721. The fourth-order valence-electron chi connectivity index (χ4n) is 3.11. The molecule has 2 aliphatic rings. The van der Waals surface area contributed by atoms with Gasteiger partial charge in [0, 0.05) is 37.8 Å². The number of nitrogens with two attached hydrogens (primary N) is 1. The Bertz CT molecular complexity index is 239. The summed E-state index contributed by atoms with van der Waals surface area (Å²) < 4.78 is 0. The first-order valence-corrected chi connectivity index (χ1v) is 6.77. The van der Waals surface area contributed by atoms with Gasteiger partial charge in [0.15, 0.2) is 0 Å². The van der Waals surface area contributed by atoms with Gasteiger partial charge in [-0.1, -0.05) is 6.92 Å². The summed E-state index contributed by atoms with van der Waals surface area (Å²) in [6.07, 6.45) is 4.02. The topological polar surface area (TPSA) is 32.5 Å². The van der Waals surface area contributed by atoms with Crippen LogP contribution in [0.3, 0.4) is 0 Å². The minimum Gasteiger partial charge on any atom is -0.329 e. The molecule has 1 aliphatic heterocycles. The molecule has 0 spiro atoms. The smallest absolute Gasteiger partial charge is 0.0332 e. The van der Waals surface area contributed by atoms with Gasteiger partial charge in [0.25, 0.3) is 0 Å². The highest BCUT2D eigenvalue weighted by atomic mass is 15.3. The molecule has 3 heteroatoms. The predicted molar refractivity (Wildman–Crippen MR) is 68.5 cm³/mol. The van der Waals surface area contributed by atoms with E-state index in [1.165, 1.54) is 38.9 Å². The van der Waals surface area contributed by atoms with Gasteiger partial charge in [0.1, 0.15) is 0 Å². The predicted octanol–water partition coefficient (Wildman–Crippen LogP) is 1.14. The monoisotopic (exact) mass is 225 g/mol. The minimum atomic E-state index is 0.272. The van der Waals surface area contributed by atoms with E-state index in [0.717, 1.165) is 18.5 Å². The van der Waals surface area contributed by atoms with Crippen LogP contribution < -0.4 is 5.73 Å². The van der Waals surface area contributed by atoms with Gasteiger partial charge in [-0.2, -0.15) is 0 Å². The Kier molecular flexibility index (Phi) is 3.57. The first kappa shape index (κ1) is 12.3. The Labute approximate surface area is 100.0 Å². The average Bonchev–Trinajstić information content (AvgIpc) is 3.13. The van der Waals surface area contributed by atoms with E-state index in [1.54, 1.807) is 0 Å². The van der Waals surface area contributed by atoms with Crippen molar-refractivity contribution in [1.82, 2.24) is 9.80 Å². The molecular weight excluding hydrogens is 198 g/mol. The number of nitrogens with zero attached hydrogens (tertiary/aromatic N) is 2. The van der Waals surface area contributed by atoms with Gasteiger partial charge in [-0.05, 0) is 39.2 Å². The van der Waals surface area contributed by atoms with Gasteiger partial charge in [-0.15, -0.1) is 0 Å². The third-order valence-corrected chi connectivity index (χ3v) is 4.84. The molecule has 0 radical (unpaired) electrons. The molecule has 0 aromatic carbocycles. The van der Waals surface area contributed by atoms with E-state index in [0.29, 0.717) is 0 Å². The van der Waals surface area contributed by atoms with Crippen LogP contribution in [0.15, 0.2) is 0 Å². The van der Waals surface area contributed by atoms with E-state index in [1.807, 2.05) is 0 Å². The molecule has 2 atom stereocenters. The zero-order valence-electron chi connectivity index (χ0n) is 11.1. The molecule has 2 rings (SSSR count). The summed E-state index contributed by atoms with van der Waals surface area (Å²) in [4.78, 5) is 5.17. The van der Waals surface area contributed by atoms with Crippen molar-refractivity contribution in [2.45, 2.75) is 44.7 Å². The molecule has 2 fully saturated rings. The Hall–Kier alpha value is -0.120. The summed E-state index contributed by atoms with van der Waals surface area (Å²) in [5.41, 5.74) is 6.32. The van der Waals surface area contributed by atoms with E-state index in [-0.39, 0.29) is 5.54 Å². The third-order valence-electron chi connectivity index (χ3n) is 4.84. The van der Waals surface area contributed by atoms with Crippen LogP contribution in [-0.4, -0.2) is 54.6 Å². The number of hydrogen-bond acceptors (Lipinski definition) is 3. The number of hydrogen-bond donors (Lipinski definition) is 1. The zero-order valence-corrected chi connectivity index (χ0v) is 11.1. The first-order valence-electron chi connectivity index (χ1n) is 6.77. The molecule has 0 aromatic rings. The lowest BCUT2D eigenvalue weighted by Crippen LogP contribution is -2.62. The quantitative estimate of drug-likeness (QED) is 0.779. The number of piperazine rings is 1. The highest BCUT2D eigenvalue weighted by molar-refractivity contribution is 5.02. The second-order valence-corrected chi connectivity index (χ2v) is 5.82. The molecule has 1 aliphatic carbocycles.